The molecule has 2 rings (SSSR count). The lowest BCUT2D eigenvalue weighted by molar-refractivity contribution is 0.104. The molecule has 0 aliphatic heterocycles. The quantitative estimate of drug-likeness (QED) is 0.850. The maximum absolute atomic E-state index is 5.32. The molecule has 4 nitrogen and oxygen atoms in total. The van der Waals surface area contributed by atoms with Crippen molar-refractivity contribution in [3.8, 4) is 5.75 Å². The van der Waals surface area contributed by atoms with Crippen LogP contribution in [0.15, 0.2) is 18.2 Å². The number of para-hydroxylation sites is 1. The van der Waals surface area contributed by atoms with Gasteiger partial charge < -0.3 is 19.0 Å². The maximum Gasteiger partial charge on any atom is 0.178 e. The van der Waals surface area contributed by atoms with Crippen LogP contribution in [0, 0.1) is 4.77 Å². The van der Waals surface area contributed by atoms with E-state index in [1.165, 1.54) is 0 Å². The lowest BCUT2D eigenvalue weighted by Crippen LogP contribution is -2.14. The first-order chi connectivity index (χ1) is 8.17. The zero-order valence-corrected chi connectivity index (χ0v) is 11.0. The Bertz CT molecular complexity index is 573. The Balaban J connectivity index is 2.56. The predicted molar refractivity (Wildman–Crippen MR) is 70.1 cm³/mol. The third-order valence-corrected chi connectivity index (χ3v) is 3.16. The van der Waals surface area contributed by atoms with Crippen molar-refractivity contribution in [2.24, 2.45) is 0 Å². The molecule has 1 atom stereocenters. The topological polar surface area (TPSA) is 39.2 Å². The van der Waals surface area contributed by atoms with E-state index in [4.69, 9.17) is 21.7 Å². The third-order valence-electron chi connectivity index (χ3n) is 2.83. The minimum absolute atomic E-state index is 0.118. The number of aromatic amines is 1. The summed E-state index contributed by atoms with van der Waals surface area (Å²) in [6.45, 7) is 2.74. The molecule has 0 bridgehead atoms. The van der Waals surface area contributed by atoms with Gasteiger partial charge in [-0.15, -0.1) is 0 Å². The molecule has 17 heavy (non-hydrogen) atoms. The monoisotopic (exact) mass is 252 g/mol. The second kappa shape index (κ2) is 4.89. The number of aromatic nitrogens is 2. The minimum Gasteiger partial charge on any atom is -0.494 e. The van der Waals surface area contributed by atoms with Crippen LogP contribution in [0.5, 0.6) is 5.75 Å². The Morgan fingerprint density at radius 2 is 2.18 bits per heavy atom. The van der Waals surface area contributed by atoms with Crippen molar-refractivity contribution < 1.29 is 9.47 Å². The fraction of sp³-hybridized carbons (Fsp3) is 0.417. The van der Waals surface area contributed by atoms with E-state index < -0.39 is 0 Å². The van der Waals surface area contributed by atoms with Crippen LogP contribution in [0.4, 0.5) is 0 Å². The fourth-order valence-electron chi connectivity index (χ4n) is 1.84. The summed E-state index contributed by atoms with van der Waals surface area (Å²) >= 11 is 5.32. The highest BCUT2D eigenvalue weighted by atomic mass is 32.1. The molecule has 0 amide bonds. The second-order valence-corrected chi connectivity index (χ2v) is 4.33. The molecular weight excluding hydrogens is 236 g/mol. The van der Waals surface area contributed by atoms with Crippen molar-refractivity contribution in [3.05, 3.63) is 23.0 Å². The molecule has 1 heterocycles. The average Bonchev–Trinajstić information content (AvgIpc) is 2.66. The highest BCUT2D eigenvalue weighted by Gasteiger charge is 2.10. The first-order valence-electron chi connectivity index (χ1n) is 5.45. The van der Waals surface area contributed by atoms with Gasteiger partial charge in [0, 0.05) is 7.11 Å². The fourth-order valence-corrected chi connectivity index (χ4v) is 2.11. The lowest BCUT2D eigenvalue weighted by Gasteiger charge is -2.11. The number of ether oxygens (including phenoxy) is 2. The van der Waals surface area contributed by atoms with E-state index in [-0.39, 0.29) is 6.10 Å². The summed E-state index contributed by atoms with van der Waals surface area (Å²) in [5, 5.41) is 0. The number of hydrogen-bond donors (Lipinski definition) is 1. The molecule has 0 aliphatic rings. The van der Waals surface area contributed by atoms with Gasteiger partial charge in [-0.3, -0.25) is 0 Å². The van der Waals surface area contributed by atoms with Crippen LogP contribution in [0.25, 0.3) is 11.0 Å². The maximum atomic E-state index is 5.32. The molecule has 0 saturated heterocycles. The van der Waals surface area contributed by atoms with Gasteiger partial charge in [0.25, 0.3) is 0 Å². The third kappa shape index (κ3) is 2.21. The molecule has 1 unspecified atom stereocenters. The molecule has 1 aromatic carbocycles. The van der Waals surface area contributed by atoms with Gasteiger partial charge in [-0.25, -0.2) is 0 Å². The van der Waals surface area contributed by atoms with Crippen molar-refractivity contribution in [1.82, 2.24) is 9.55 Å². The molecule has 0 radical (unpaired) electrons. The second-order valence-electron chi connectivity index (χ2n) is 3.94. The molecule has 1 N–H and O–H groups in total. The molecule has 92 valence electrons. The smallest absolute Gasteiger partial charge is 0.178 e. The van der Waals surface area contributed by atoms with Crippen molar-refractivity contribution in [2.75, 3.05) is 14.2 Å². The summed E-state index contributed by atoms with van der Waals surface area (Å²) in [4.78, 5) is 3.17. The normalized spacial score (nSPS) is 12.9. The van der Waals surface area contributed by atoms with Gasteiger partial charge in [0.15, 0.2) is 4.77 Å². The van der Waals surface area contributed by atoms with E-state index in [2.05, 4.69) is 4.98 Å². The molecule has 0 fully saturated rings. The van der Waals surface area contributed by atoms with E-state index in [9.17, 15) is 0 Å². The predicted octanol–water partition coefficient (Wildman–Crippen LogP) is 2.74. The van der Waals surface area contributed by atoms with Gasteiger partial charge in [0.2, 0.25) is 0 Å². The number of H-pyrrole nitrogens is 1. The summed E-state index contributed by atoms with van der Waals surface area (Å²) in [6.07, 6.45) is 0.118. The highest BCUT2D eigenvalue weighted by molar-refractivity contribution is 7.71. The van der Waals surface area contributed by atoms with Crippen molar-refractivity contribution in [1.29, 1.82) is 0 Å². The zero-order chi connectivity index (χ0) is 12.4. The van der Waals surface area contributed by atoms with Crippen LogP contribution >= 0.6 is 12.2 Å². The number of benzene rings is 1. The summed E-state index contributed by atoms with van der Waals surface area (Å²) in [5.74, 6) is 0.803. The van der Waals surface area contributed by atoms with E-state index in [0.29, 0.717) is 4.77 Å². The number of fused-ring (bicyclic) bond motifs is 1. The number of methoxy groups -OCH3 is 2. The Morgan fingerprint density at radius 3 is 2.82 bits per heavy atom. The number of nitrogens with one attached hydrogen (secondary N) is 1. The highest BCUT2D eigenvalue weighted by Crippen LogP contribution is 2.24. The molecular formula is C12H16N2O2S. The van der Waals surface area contributed by atoms with Crippen molar-refractivity contribution in [2.45, 2.75) is 19.6 Å². The number of nitrogens with zero attached hydrogens (tertiary/aromatic N) is 1. The summed E-state index contributed by atoms with van der Waals surface area (Å²) < 4.78 is 13.3. The van der Waals surface area contributed by atoms with Crippen LogP contribution in [0.1, 0.15) is 6.92 Å². The molecule has 0 saturated carbocycles. The van der Waals surface area contributed by atoms with Gasteiger partial charge in [-0.05, 0) is 31.3 Å². The van der Waals surface area contributed by atoms with Gasteiger partial charge in [-0.2, -0.15) is 0 Å². The Morgan fingerprint density at radius 1 is 1.41 bits per heavy atom. The minimum atomic E-state index is 0.118. The molecule has 2 aromatic rings. The molecule has 0 aliphatic carbocycles. The summed E-state index contributed by atoms with van der Waals surface area (Å²) in [7, 11) is 3.35. The Labute approximate surface area is 105 Å². The van der Waals surface area contributed by atoms with E-state index >= 15 is 0 Å². The van der Waals surface area contributed by atoms with Gasteiger partial charge >= 0.3 is 0 Å². The molecule has 0 spiro atoms. The number of imidazole rings is 1. The van der Waals surface area contributed by atoms with E-state index in [0.717, 1.165) is 23.3 Å². The first-order valence-corrected chi connectivity index (χ1v) is 5.86. The first kappa shape index (κ1) is 12.1. The number of hydrogen-bond acceptors (Lipinski definition) is 3. The average molecular weight is 252 g/mol. The van der Waals surface area contributed by atoms with Crippen LogP contribution in [-0.2, 0) is 11.3 Å². The Hall–Kier alpha value is -1.33. The molecule has 1 aromatic heterocycles. The van der Waals surface area contributed by atoms with Crippen LogP contribution in [-0.4, -0.2) is 29.9 Å². The largest absolute Gasteiger partial charge is 0.494 e. The zero-order valence-electron chi connectivity index (χ0n) is 10.2. The lowest BCUT2D eigenvalue weighted by atomic mass is 10.3. The van der Waals surface area contributed by atoms with Crippen molar-refractivity contribution >= 4 is 23.3 Å². The number of rotatable bonds is 4. The van der Waals surface area contributed by atoms with Gasteiger partial charge in [0.05, 0.1) is 25.3 Å². The van der Waals surface area contributed by atoms with E-state index in [1.54, 1.807) is 14.2 Å². The van der Waals surface area contributed by atoms with Crippen LogP contribution in [0.3, 0.4) is 0 Å². The van der Waals surface area contributed by atoms with Crippen LogP contribution < -0.4 is 4.74 Å². The SMILES string of the molecule is COc1cccc2c1[nH]c(=S)n2CC(C)OC. The van der Waals surface area contributed by atoms with E-state index in [1.807, 2.05) is 29.7 Å². The standard InChI is InChI=1S/C12H16N2O2S/c1-8(15-2)7-14-9-5-4-6-10(16-3)11(9)13-12(14)17/h4-6,8H,7H2,1-3H3,(H,13,17). The summed E-state index contributed by atoms with van der Waals surface area (Å²) in [5.41, 5.74) is 1.97. The van der Waals surface area contributed by atoms with Gasteiger partial charge in [-0.1, -0.05) is 6.07 Å². The van der Waals surface area contributed by atoms with Crippen LogP contribution in [0.2, 0.25) is 0 Å². The Kier molecular flexibility index (Phi) is 3.49. The molecule has 5 heteroatoms. The van der Waals surface area contributed by atoms with Gasteiger partial charge in [0.1, 0.15) is 11.3 Å². The van der Waals surface area contributed by atoms with Crippen molar-refractivity contribution in [3.63, 3.8) is 0 Å². The summed E-state index contributed by atoms with van der Waals surface area (Å²) in [6, 6.07) is 5.89.